The predicted molar refractivity (Wildman–Crippen MR) is 69.0 cm³/mol. The minimum absolute atomic E-state index is 0.0429. The van der Waals surface area contributed by atoms with Gasteiger partial charge in [-0.3, -0.25) is 0 Å². The second-order valence-corrected chi connectivity index (χ2v) is 4.66. The Morgan fingerprint density at radius 3 is 2.48 bits per heavy atom. The molecule has 0 aromatic heterocycles. The molecule has 0 aliphatic heterocycles. The van der Waals surface area contributed by atoms with Crippen molar-refractivity contribution in [2.75, 3.05) is 19.8 Å². The molecule has 1 atom stereocenters. The zero-order chi connectivity index (χ0) is 16.0. The van der Waals surface area contributed by atoms with Crippen LogP contribution in [0.15, 0.2) is 12.1 Å². The molecule has 0 heterocycles. The fourth-order valence-electron chi connectivity index (χ4n) is 1.98. The van der Waals surface area contributed by atoms with E-state index in [1.54, 1.807) is 6.92 Å². The minimum Gasteiger partial charge on any atom is -0.372 e. The van der Waals surface area contributed by atoms with Crippen LogP contribution in [0.25, 0.3) is 0 Å². The van der Waals surface area contributed by atoms with E-state index >= 15 is 0 Å². The lowest BCUT2D eigenvalue weighted by molar-refractivity contribution is -0.174. The first-order valence-electron chi connectivity index (χ1n) is 6.58. The Morgan fingerprint density at radius 1 is 1.24 bits per heavy atom. The summed E-state index contributed by atoms with van der Waals surface area (Å²) in [6.07, 6.45) is -4.37. The Morgan fingerprint density at radius 2 is 1.90 bits per heavy atom. The molecule has 1 rings (SSSR count). The third-order valence-electron chi connectivity index (χ3n) is 2.94. The number of hydrogen-bond donors (Lipinski definition) is 1. The van der Waals surface area contributed by atoms with Gasteiger partial charge in [-0.15, -0.1) is 0 Å². The second-order valence-electron chi connectivity index (χ2n) is 4.66. The van der Waals surface area contributed by atoms with Crippen molar-refractivity contribution >= 4 is 0 Å². The molecule has 2 nitrogen and oxygen atoms in total. The van der Waals surface area contributed by atoms with Crippen molar-refractivity contribution in [3.63, 3.8) is 0 Å². The highest BCUT2D eigenvalue weighted by Gasteiger charge is 2.28. The van der Waals surface area contributed by atoms with Gasteiger partial charge >= 0.3 is 6.18 Å². The van der Waals surface area contributed by atoms with Crippen molar-refractivity contribution in [1.82, 2.24) is 5.32 Å². The smallest absolute Gasteiger partial charge is 0.372 e. The van der Waals surface area contributed by atoms with E-state index in [-0.39, 0.29) is 24.2 Å². The molecule has 0 saturated heterocycles. The highest BCUT2D eigenvalue weighted by molar-refractivity contribution is 5.29. The van der Waals surface area contributed by atoms with Crippen LogP contribution in [-0.2, 0) is 4.74 Å². The topological polar surface area (TPSA) is 21.3 Å². The van der Waals surface area contributed by atoms with Crippen molar-refractivity contribution in [2.45, 2.75) is 32.5 Å². The van der Waals surface area contributed by atoms with E-state index in [0.29, 0.717) is 6.54 Å². The lowest BCUT2D eigenvalue weighted by Gasteiger charge is -2.20. The summed E-state index contributed by atoms with van der Waals surface area (Å²) in [4.78, 5) is 0. The van der Waals surface area contributed by atoms with Crippen molar-refractivity contribution in [3.05, 3.63) is 34.9 Å². The van der Waals surface area contributed by atoms with E-state index < -0.39 is 30.5 Å². The van der Waals surface area contributed by atoms with Gasteiger partial charge < -0.3 is 10.1 Å². The molecule has 0 fully saturated rings. The van der Waals surface area contributed by atoms with Crippen LogP contribution in [0, 0.1) is 18.6 Å². The van der Waals surface area contributed by atoms with Crippen LogP contribution >= 0.6 is 0 Å². The summed E-state index contributed by atoms with van der Waals surface area (Å²) in [6, 6.07) is 1.73. The summed E-state index contributed by atoms with van der Waals surface area (Å²) in [7, 11) is 0. The van der Waals surface area contributed by atoms with E-state index in [1.807, 2.05) is 0 Å². The number of aryl methyl sites for hydroxylation is 1. The van der Waals surface area contributed by atoms with Gasteiger partial charge in [-0.1, -0.05) is 13.0 Å². The number of halogens is 5. The van der Waals surface area contributed by atoms with Crippen molar-refractivity contribution < 1.29 is 26.7 Å². The van der Waals surface area contributed by atoms with Gasteiger partial charge in [0.2, 0.25) is 0 Å². The van der Waals surface area contributed by atoms with Gasteiger partial charge in [-0.05, 0) is 31.5 Å². The normalized spacial score (nSPS) is 13.5. The van der Waals surface area contributed by atoms with Crippen LogP contribution in [0.5, 0.6) is 0 Å². The number of rotatable bonds is 7. The Balaban J connectivity index is 2.76. The third-order valence-corrected chi connectivity index (χ3v) is 2.94. The second kappa shape index (κ2) is 7.70. The van der Waals surface area contributed by atoms with Crippen molar-refractivity contribution in [1.29, 1.82) is 0 Å². The Kier molecular flexibility index (Phi) is 6.54. The lowest BCUT2D eigenvalue weighted by atomic mass is 10.00. The maximum Gasteiger partial charge on any atom is 0.411 e. The maximum atomic E-state index is 14.0. The summed E-state index contributed by atoms with van der Waals surface area (Å²) in [5.74, 6) is -1.41. The molecule has 0 spiro atoms. The number of nitrogens with one attached hydrogen (secondary N) is 1. The predicted octanol–water partition coefficient (Wildman–Crippen LogP) is 3.89. The van der Waals surface area contributed by atoms with Gasteiger partial charge in [0, 0.05) is 18.2 Å². The van der Waals surface area contributed by atoms with Crippen molar-refractivity contribution in [3.8, 4) is 0 Å². The minimum atomic E-state index is -4.41. The van der Waals surface area contributed by atoms with Crippen LogP contribution in [0.2, 0.25) is 0 Å². The van der Waals surface area contributed by atoms with Gasteiger partial charge in [-0.25, -0.2) is 8.78 Å². The van der Waals surface area contributed by atoms with Crippen LogP contribution in [0.4, 0.5) is 22.0 Å². The molecule has 21 heavy (non-hydrogen) atoms. The highest BCUT2D eigenvalue weighted by atomic mass is 19.4. The molecular formula is C14H18F5NO. The average molecular weight is 311 g/mol. The average Bonchev–Trinajstić information content (AvgIpc) is 2.38. The molecule has 0 aliphatic rings. The fraction of sp³-hybridized carbons (Fsp3) is 0.571. The Bertz CT molecular complexity index is 461. The molecule has 0 bridgehead atoms. The largest absolute Gasteiger partial charge is 0.411 e. The Hall–Kier alpha value is -1.21. The van der Waals surface area contributed by atoms with Gasteiger partial charge in [0.25, 0.3) is 0 Å². The highest BCUT2D eigenvalue weighted by Crippen LogP contribution is 2.26. The Labute approximate surface area is 120 Å². The summed E-state index contributed by atoms with van der Waals surface area (Å²) >= 11 is 0. The molecule has 7 heteroatoms. The first-order chi connectivity index (χ1) is 9.76. The standard InChI is InChI=1S/C14H18F5NO/c1-3-20-11(6-7-21-8-14(17,18)19)12-10(15)5-4-9(2)13(12)16/h4-5,11,20H,3,6-8H2,1-2H3. The summed E-state index contributed by atoms with van der Waals surface area (Å²) in [5.41, 5.74) is 0.123. The summed E-state index contributed by atoms with van der Waals surface area (Å²) in [5, 5.41) is 2.86. The van der Waals surface area contributed by atoms with E-state index in [2.05, 4.69) is 10.1 Å². The summed E-state index contributed by atoms with van der Waals surface area (Å²) < 4.78 is 68.2. The molecule has 0 saturated carbocycles. The van der Waals surface area contributed by atoms with E-state index in [4.69, 9.17) is 0 Å². The molecule has 1 N–H and O–H groups in total. The van der Waals surface area contributed by atoms with Crippen LogP contribution in [-0.4, -0.2) is 25.9 Å². The van der Waals surface area contributed by atoms with Gasteiger partial charge in [0.1, 0.15) is 18.2 Å². The number of hydrogen-bond acceptors (Lipinski definition) is 2. The molecule has 0 radical (unpaired) electrons. The van der Waals surface area contributed by atoms with Crippen LogP contribution < -0.4 is 5.32 Å². The molecule has 0 aliphatic carbocycles. The summed E-state index contributed by atoms with van der Waals surface area (Å²) in [6.45, 7) is 2.06. The van der Waals surface area contributed by atoms with Gasteiger partial charge in [0.05, 0.1) is 0 Å². The van der Waals surface area contributed by atoms with E-state index in [9.17, 15) is 22.0 Å². The zero-order valence-electron chi connectivity index (χ0n) is 11.9. The number of ether oxygens (including phenoxy) is 1. The SMILES string of the molecule is CCNC(CCOCC(F)(F)F)c1c(F)ccc(C)c1F. The van der Waals surface area contributed by atoms with Crippen LogP contribution in [0.1, 0.15) is 30.5 Å². The van der Waals surface area contributed by atoms with E-state index in [0.717, 1.165) is 6.07 Å². The quantitative estimate of drug-likeness (QED) is 0.609. The number of alkyl halides is 3. The maximum absolute atomic E-state index is 14.0. The lowest BCUT2D eigenvalue weighted by Crippen LogP contribution is -2.26. The monoisotopic (exact) mass is 311 g/mol. The first-order valence-corrected chi connectivity index (χ1v) is 6.58. The first kappa shape index (κ1) is 17.8. The molecule has 0 amide bonds. The molecule has 120 valence electrons. The fourth-order valence-corrected chi connectivity index (χ4v) is 1.98. The molecule has 1 aromatic rings. The van der Waals surface area contributed by atoms with Gasteiger partial charge in [0.15, 0.2) is 0 Å². The van der Waals surface area contributed by atoms with E-state index in [1.165, 1.54) is 13.0 Å². The molecule has 1 unspecified atom stereocenters. The molecule has 1 aromatic carbocycles. The van der Waals surface area contributed by atoms with Crippen molar-refractivity contribution in [2.24, 2.45) is 0 Å². The number of benzene rings is 1. The third kappa shape index (κ3) is 5.59. The zero-order valence-corrected chi connectivity index (χ0v) is 11.9. The van der Waals surface area contributed by atoms with Crippen LogP contribution in [0.3, 0.4) is 0 Å². The molecular weight excluding hydrogens is 293 g/mol. The van der Waals surface area contributed by atoms with Gasteiger partial charge in [-0.2, -0.15) is 13.2 Å².